The summed E-state index contributed by atoms with van der Waals surface area (Å²) in [6.07, 6.45) is 0. The van der Waals surface area contributed by atoms with Crippen LogP contribution in [0.15, 0.2) is 47.4 Å². The number of carbonyl (C=O) groups excluding carboxylic acids is 2. The molecule has 0 aromatic heterocycles. The summed E-state index contributed by atoms with van der Waals surface area (Å²) in [5.41, 5.74) is -3.59. The summed E-state index contributed by atoms with van der Waals surface area (Å²) in [7, 11) is 0. The van der Waals surface area contributed by atoms with Gasteiger partial charge in [-0.05, 0) is 54.2 Å². The molecule has 2 aromatic rings. The molecule has 0 bridgehead atoms. The smallest absolute Gasteiger partial charge is 0.325 e. The van der Waals surface area contributed by atoms with Crippen LogP contribution in [-0.2, 0) is 4.79 Å². The molecule has 0 heterocycles. The second kappa shape index (κ2) is 7.79. The average Bonchev–Trinajstić information content (AvgIpc) is 2.48. The Morgan fingerprint density at radius 1 is 1.00 bits per heavy atom. The fourth-order valence-corrected chi connectivity index (χ4v) is 2.63. The predicted octanol–water partition coefficient (Wildman–Crippen LogP) is 5.16. The Bertz CT molecular complexity index is 795. The van der Waals surface area contributed by atoms with E-state index in [0.29, 0.717) is 10.7 Å². The number of halogens is 4. The van der Waals surface area contributed by atoms with Crippen molar-refractivity contribution in [2.24, 2.45) is 0 Å². The van der Waals surface area contributed by atoms with Crippen molar-refractivity contribution in [1.29, 1.82) is 0 Å². The molecule has 132 valence electrons. The standard InChI is InChI=1S/C16H12ClF3N2O2S/c1-9(23)21-13-7-4-11(17)8-14(13)22-15(24)10-2-5-12(6-3-10)25-16(18,19)20/h2-8H,1H3,(H,21,23)(H,22,24). The lowest BCUT2D eigenvalue weighted by molar-refractivity contribution is -0.114. The van der Waals surface area contributed by atoms with Crippen molar-refractivity contribution >= 4 is 46.6 Å². The van der Waals surface area contributed by atoms with E-state index in [1.54, 1.807) is 6.07 Å². The van der Waals surface area contributed by atoms with Gasteiger partial charge in [-0.2, -0.15) is 13.2 Å². The predicted molar refractivity (Wildman–Crippen MR) is 92.1 cm³/mol. The molecular weight excluding hydrogens is 377 g/mol. The maximum absolute atomic E-state index is 12.3. The van der Waals surface area contributed by atoms with Gasteiger partial charge in [0.05, 0.1) is 11.4 Å². The lowest BCUT2D eigenvalue weighted by atomic mass is 10.2. The molecule has 0 radical (unpaired) electrons. The highest BCUT2D eigenvalue weighted by molar-refractivity contribution is 8.00. The highest BCUT2D eigenvalue weighted by Gasteiger charge is 2.29. The van der Waals surface area contributed by atoms with Crippen LogP contribution in [0.1, 0.15) is 17.3 Å². The molecule has 4 nitrogen and oxygen atoms in total. The number of thioether (sulfide) groups is 1. The Morgan fingerprint density at radius 2 is 1.64 bits per heavy atom. The summed E-state index contributed by atoms with van der Waals surface area (Å²) >= 11 is 5.63. The molecule has 0 saturated carbocycles. The number of amides is 2. The van der Waals surface area contributed by atoms with E-state index < -0.39 is 11.4 Å². The topological polar surface area (TPSA) is 58.2 Å². The Morgan fingerprint density at radius 3 is 2.20 bits per heavy atom. The number of alkyl halides is 3. The van der Waals surface area contributed by atoms with E-state index in [9.17, 15) is 22.8 Å². The van der Waals surface area contributed by atoms with Gasteiger partial charge in [-0.3, -0.25) is 9.59 Å². The number of anilines is 2. The SMILES string of the molecule is CC(=O)Nc1ccc(Cl)cc1NC(=O)c1ccc(SC(F)(F)F)cc1. The molecule has 2 aromatic carbocycles. The molecular formula is C16H12ClF3N2O2S. The van der Waals surface area contributed by atoms with Gasteiger partial charge in [-0.1, -0.05) is 11.6 Å². The van der Waals surface area contributed by atoms with Crippen LogP contribution in [0.25, 0.3) is 0 Å². The van der Waals surface area contributed by atoms with Crippen LogP contribution in [0.5, 0.6) is 0 Å². The van der Waals surface area contributed by atoms with Gasteiger partial charge < -0.3 is 10.6 Å². The normalized spacial score (nSPS) is 11.1. The third-order valence-electron chi connectivity index (χ3n) is 2.89. The van der Waals surface area contributed by atoms with Crippen LogP contribution < -0.4 is 10.6 Å². The minimum Gasteiger partial charge on any atom is -0.325 e. The zero-order valence-corrected chi connectivity index (χ0v) is 14.4. The summed E-state index contributed by atoms with van der Waals surface area (Å²) in [6, 6.07) is 9.52. The Kier molecular flexibility index (Phi) is 5.97. The van der Waals surface area contributed by atoms with Crippen LogP contribution >= 0.6 is 23.4 Å². The minimum atomic E-state index is -4.39. The number of hydrogen-bond donors (Lipinski definition) is 2. The van der Waals surface area contributed by atoms with Crippen LogP contribution in [0.2, 0.25) is 5.02 Å². The molecule has 0 aliphatic heterocycles. The molecule has 25 heavy (non-hydrogen) atoms. The first-order valence-electron chi connectivity index (χ1n) is 6.88. The van der Waals surface area contributed by atoms with E-state index in [2.05, 4.69) is 10.6 Å². The van der Waals surface area contributed by atoms with Crippen molar-refractivity contribution in [3.05, 3.63) is 53.1 Å². The molecule has 0 aliphatic rings. The number of carbonyl (C=O) groups is 2. The summed E-state index contributed by atoms with van der Waals surface area (Å²) in [6.45, 7) is 1.32. The van der Waals surface area contributed by atoms with Crippen LogP contribution in [0, 0.1) is 0 Å². The Balaban J connectivity index is 2.17. The third-order valence-corrected chi connectivity index (χ3v) is 3.87. The van der Waals surface area contributed by atoms with Gasteiger partial charge in [0.25, 0.3) is 5.91 Å². The van der Waals surface area contributed by atoms with Crippen molar-refractivity contribution in [3.63, 3.8) is 0 Å². The monoisotopic (exact) mass is 388 g/mol. The molecule has 2 rings (SSSR count). The zero-order chi connectivity index (χ0) is 18.6. The summed E-state index contributed by atoms with van der Waals surface area (Å²) < 4.78 is 36.9. The van der Waals surface area contributed by atoms with Gasteiger partial charge in [0.1, 0.15) is 0 Å². The van der Waals surface area contributed by atoms with Crippen molar-refractivity contribution in [2.75, 3.05) is 10.6 Å². The molecule has 0 aliphatic carbocycles. The first-order chi connectivity index (χ1) is 11.6. The molecule has 2 amide bonds. The lowest BCUT2D eigenvalue weighted by Crippen LogP contribution is -2.15. The fraction of sp³-hybridized carbons (Fsp3) is 0.125. The molecule has 0 unspecified atom stereocenters. The van der Waals surface area contributed by atoms with Gasteiger partial charge in [0.15, 0.2) is 0 Å². The first kappa shape index (κ1) is 19.1. The van der Waals surface area contributed by atoms with Crippen molar-refractivity contribution < 1.29 is 22.8 Å². The molecule has 0 spiro atoms. The number of benzene rings is 2. The third kappa shape index (κ3) is 5.99. The maximum Gasteiger partial charge on any atom is 0.446 e. The van der Waals surface area contributed by atoms with Crippen LogP contribution in [0.4, 0.5) is 24.5 Å². The molecule has 0 fully saturated rings. The van der Waals surface area contributed by atoms with E-state index >= 15 is 0 Å². The first-order valence-corrected chi connectivity index (χ1v) is 8.08. The second-order valence-electron chi connectivity index (χ2n) is 4.90. The highest BCUT2D eigenvalue weighted by Crippen LogP contribution is 2.36. The molecule has 0 atom stereocenters. The van der Waals surface area contributed by atoms with Gasteiger partial charge in [0, 0.05) is 22.4 Å². The fourth-order valence-electron chi connectivity index (χ4n) is 1.92. The number of hydrogen-bond acceptors (Lipinski definition) is 3. The quantitative estimate of drug-likeness (QED) is 0.711. The van der Waals surface area contributed by atoms with E-state index in [0.717, 1.165) is 0 Å². The largest absolute Gasteiger partial charge is 0.446 e. The second-order valence-corrected chi connectivity index (χ2v) is 6.47. The summed E-state index contributed by atoms with van der Waals surface area (Å²) in [4.78, 5) is 23.4. The van der Waals surface area contributed by atoms with Crippen molar-refractivity contribution in [1.82, 2.24) is 0 Å². The van der Waals surface area contributed by atoms with Crippen LogP contribution in [-0.4, -0.2) is 17.3 Å². The van der Waals surface area contributed by atoms with Gasteiger partial charge in [-0.25, -0.2) is 0 Å². The average molecular weight is 389 g/mol. The van der Waals surface area contributed by atoms with Gasteiger partial charge >= 0.3 is 5.51 Å². The van der Waals surface area contributed by atoms with Crippen molar-refractivity contribution in [2.45, 2.75) is 17.3 Å². The van der Waals surface area contributed by atoms with E-state index in [1.807, 2.05) is 0 Å². The Hall–Kier alpha value is -2.19. The summed E-state index contributed by atoms with van der Waals surface area (Å²) in [5.74, 6) is -0.872. The van der Waals surface area contributed by atoms with E-state index in [1.165, 1.54) is 43.3 Å². The highest BCUT2D eigenvalue weighted by atomic mass is 35.5. The van der Waals surface area contributed by atoms with Gasteiger partial charge in [-0.15, -0.1) is 0 Å². The molecule has 0 saturated heterocycles. The summed E-state index contributed by atoms with van der Waals surface area (Å²) in [5, 5.41) is 5.47. The zero-order valence-electron chi connectivity index (χ0n) is 12.8. The molecule has 9 heteroatoms. The molecule has 2 N–H and O–H groups in total. The van der Waals surface area contributed by atoms with E-state index in [-0.39, 0.29) is 33.8 Å². The Labute approximate surface area is 150 Å². The minimum absolute atomic E-state index is 0.0225. The van der Waals surface area contributed by atoms with E-state index in [4.69, 9.17) is 11.6 Å². The lowest BCUT2D eigenvalue weighted by Gasteiger charge is -2.12. The van der Waals surface area contributed by atoms with Gasteiger partial charge in [0.2, 0.25) is 5.91 Å². The van der Waals surface area contributed by atoms with Crippen molar-refractivity contribution in [3.8, 4) is 0 Å². The number of nitrogens with one attached hydrogen (secondary N) is 2. The maximum atomic E-state index is 12.3. The van der Waals surface area contributed by atoms with Crippen LogP contribution in [0.3, 0.4) is 0 Å². The number of rotatable bonds is 4.